The quantitative estimate of drug-likeness (QED) is 0.634. The molecule has 1 aromatic carbocycles. The number of esters is 1. The Balaban J connectivity index is 2.13. The van der Waals surface area contributed by atoms with E-state index in [1.54, 1.807) is 12.1 Å². The lowest BCUT2D eigenvalue weighted by Crippen LogP contribution is -2.03. The fraction of sp³-hybridized carbons (Fsp3) is 0.308. The number of hydrogen-bond donors (Lipinski definition) is 0. The number of rotatable bonds is 4. The van der Waals surface area contributed by atoms with E-state index < -0.39 is 5.97 Å². The van der Waals surface area contributed by atoms with E-state index >= 15 is 0 Å². The van der Waals surface area contributed by atoms with Gasteiger partial charge in [0, 0.05) is 0 Å². The zero-order valence-electron chi connectivity index (χ0n) is 10.2. The van der Waals surface area contributed by atoms with Gasteiger partial charge in [-0.2, -0.15) is 0 Å². The fourth-order valence-corrected chi connectivity index (χ4v) is 2.60. The minimum absolute atomic E-state index is 0.192. The molecule has 2 aromatic rings. The second kappa shape index (κ2) is 4.62. The maximum atomic E-state index is 11.6. The van der Waals surface area contributed by atoms with Crippen LogP contribution in [0.2, 0.25) is 0 Å². The fourth-order valence-electron chi connectivity index (χ4n) is 1.76. The van der Waals surface area contributed by atoms with E-state index in [0.29, 0.717) is 28.1 Å². The summed E-state index contributed by atoms with van der Waals surface area (Å²) in [5.74, 6) is 0.119. The molecule has 19 heavy (non-hydrogen) atoms. The average molecular weight is 277 g/mol. The molecule has 1 aliphatic carbocycles. The lowest BCUT2D eigenvalue weighted by molar-refractivity contribution is 0.0600. The van der Waals surface area contributed by atoms with E-state index in [-0.39, 0.29) is 6.10 Å². The summed E-state index contributed by atoms with van der Waals surface area (Å²) < 4.78 is 11.2. The SMILES string of the molecule is COC(=O)c1cc(OC2CC2)c2nc(C=O)sc2c1. The van der Waals surface area contributed by atoms with Crippen molar-refractivity contribution in [1.82, 2.24) is 4.98 Å². The number of hydrogen-bond acceptors (Lipinski definition) is 6. The second-order valence-corrected chi connectivity index (χ2v) is 5.36. The van der Waals surface area contributed by atoms with Gasteiger partial charge in [-0.25, -0.2) is 9.78 Å². The van der Waals surface area contributed by atoms with Crippen molar-refractivity contribution in [3.8, 4) is 5.75 Å². The topological polar surface area (TPSA) is 65.5 Å². The van der Waals surface area contributed by atoms with Crippen LogP contribution in [0, 0.1) is 0 Å². The van der Waals surface area contributed by atoms with Crippen LogP contribution < -0.4 is 4.74 Å². The Labute approximate surface area is 113 Å². The number of carbonyl (C=O) groups excluding carboxylic acids is 2. The van der Waals surface area contributed by atoms with Gasteiger partial charge < -0.3 is 9.47 Å². The number of aldehydes is 1. The van der Waals surface area contributed by atoms with Gasteiger partial charge >= 0.3 is 5.97 Å². The van der Waals surface area contributed by atoms with Gasteiger partial charge in [-0.15, -0.1) is 11.3 Å². The Morgan fingerprint density at radius 2 is 2.26 bits per heavy atom. The standard InChI is InChI=1S/C13H11NO4S/c1-17-13(16)7-4-9(18-8-2-3-8)12-10(5-7)19-11(6-15)14-12/h4-6,8H,2-3H2,1H3. The van der Waals surface area contributed by atoms with Gasteiger partial charge in [-0.05, 0) is 25.0 Å². The van der Waals surface area contributed by atoms with Crippen LogP contribution in [-0.4, -0.2) is 30.5 Å². The van der Waals surface area contributed by atoms with Crippen LogP contribution in [0.1, 0.15) is 33.0 Å². The third-order valence-electron chi connectivity index (χ3n) is 2.82. The zero-order chi connectivity index (χ0) is 13.4. The number of ether oxygens (including phenoxy) is 2. The first-order valence-electron chi connectivity index (χ1n) is 5.86. The van der Waals surface area contributed by atoms with Gasteiger partial charge in [0.05, 0.1) is 23.5 Å². The first kappa shape index (κ1) is 12.1. The predicted octanol–water partition coefficient (Wildman–Crippen LogP) is 2.44. The van der Waals surface area contributed by atoms with Crippen LogP contribution in [0.4, 0.5) is 0 Å². The molecule has 1 aliphatic rings. The Bertz CT molecular complexity index is 660. The van der Waals surface area contributed by atoms with Crippen LogP contribution in [0.3, 0.4) is 0 Å². The van der Waals surface area contributed by atoms with Gasteiger partial charge in [0.15, 0.2) is 11.3 Å². The molecule has 0 amide bonds. The number of carbonyl (C=O) groups is 2. The van der Waals surface area contributed by atoms with Crippen molar-refractivity contribution in [2.45, 2.75) is 18.9 Å². The van der Waals surface area contributed by atoms with Gasteiger partial charge in [0.2, 0.25) is 0 Å². The van der Waals surface area contributed by atoms with E-state index in [4.69, 9.17) is 9.47 Å². The molecule has 0 N–H and O–H groups in total. The number of aromatic nitrogens is 1. The van der Waals surface area contributed by atoms with Crippen molar-refractivity contribution in [2.75, 3.05) is 7.11 Å². The summed E-state index contributed by atoms with van der Waals surface area (Å²) >= 11 is 1.23. The summed E-state index contributed by atoms with van der Waals surface area (Å²) in [4.78, 5) is 26.6. The van der Waals surface area contributed by atoms with Gasteiger partial charge in [-0.1, -0.05) is 0 Å². The molecule has 3 rings (SSSR count). The predicted molar refractivity (Wildman–Crippen MR) is 70.0 cm³/mol. The highest BCUT2D eigenvalue weighted by Gasteiger charge is 2.26. The molecule has 5 nitrogen and oxygen atoms in total. The molecule has 0 aliphatic heterocycles. The molecule has 0 atom stereocenters. The molecular formula is C13H11NO4S. The summed E-state index contributed by atoms with van der Waals surface area (Å²) in [6.07, 6.45) is 2.91. The van der Waals surface area contributed by atoms with E-state index in [2.05, 4.69) is 4.98 Å². The molecule has 98 valence electrons. The third-order valence-corrected chi connectivity index (χ3v) is 3.74. The van der Waals surface area contributed by atoms with Gasteiger partial charge in [-0.3, -0.25) is 4.79 Å². The summed E-state index contributed by atoms with van der Waals surface area (Å²) in [5.41, 5.74) is 1.04. The molecule has 1 fully saturated rings. The smallest absolute Gasteiger partial charge is 0.338 e. The van der Waals surface area contributed by atoms with Gasteiger partial charge in [0.1, 0.15) is 11.3 Å². The molecule has 0 bridgehead atoms. The molecule has 6 heteroatoms. The molecule has 1 heterocycles. The van der Waals surface area contributed by atoms with Crippen molar-refractivity contribution >= 4 is 33.8 Å². The maximum absolute atomic E-state index is 11.6. The number of methoxy groups -OCH3 is 1. The van der Waals surface area contributed by atoms with Crippen LogP contribution in [0.25, 0.3) is 10.2 Å². The highest BCUT2D eigenvalue weighted by molar-refractivity contribution is 7.20. The lowest BCUT2D eigenvalue weighted by Gasteiger charge is -2.07. The largest absolute Gasteiger partial charge is 0.488 e. The lowest BCUT2D eigenvalue weighted by atomic mass is 10.2. The second-order valence-electron chi connectivity index (χ2n) is 4.30. The minimum Gasteiger partial charge on any atom is -0.488 e. The summed E-state index contributed by atoms with van der Waals surface area (Å²) in [5, 5.41) is 0.373. The minimum atomic E-state index is -0.427. The first-order chi connectivity index (χ1) is 9.21. The molecular weight excluding hydrogens is 266 g/mol. The highest BCUT2D eigenvalue weighted by atomic mass is 32.1. The van der Waals surface area contributed by atoms with Crippen LogP contribution in [0.15, 0.2) is 12.1 Å². The first-order valence-corrected chi connectivity index (χ1v) is 6.67. The number of benzene rings is 1. The molecule has 1 saturated carbocycles. The van der Waals surface area contributed by atoms with Crippen molar-refractivity contribution < 1.29 is 19.1 Å². The van der Waals surface area contributed by atoms with Crippen molar-refractivity contribution in [2.24, 2.45) is 0 Å². The maximum Gasteiger partial charge on any atom is 0.338 e. The number of nitrogens with zero attached hydrogens (tertiary/aromatic N) is 1. The van der Waals surface area contributed by atoms with E-state index in [0.717, 1.165) is 17.5 Å². The number of thiazole rings is 1. The molecule has 0 unspecified atom stereocenters. The summed E-state index contributed by atoms with van der Waals surface area (Å²) in [6.45, 7) is 0. The molecule has 0 saturated heterocycles. The summed E-state index contributed by atoms with van der Waals surface area (Å²) in [7, 11) is 1.33. The van der Waals surface area contributed by atoms with Crippen molar-refractivity contribution in [1.29, 1.82) is 0 Å². The average Bonchev–Trinajstić information content (AvgIpc) is 3.13. The van der Waals surface area contributed by atoms with Crippen molar-refractivity contribution in [3.63, 3.8) is 0 Å². The van der Waals surface area contributed by atoms with Gasteiger partial charge in [0.25, 0.3) is 0 Å². The molecule has 0 spiro atoms. The molecule has 1 aromatic heterocycles. The summed E-state index contributed by atoms with van der Waals surface area (Å²) in [6, 6.07) is 3.30. The van der Waals surface area contributed by atoms with E-state index in [9.17, 15) is 9.59 Å². The third kappa shape index (κ3) is 2.31. The van der Waals surface area contributed by atoms with E-state index in [1.807, 2.05) is 0 Å². The Hall–Kier alpha value is -1.95. The Morgan fingerprint density at radius 3 is 2.89 bits per heavy atom. The van der Waals surface area contributed by atoms with Crippen LogP contribution in [-0.2, 0) is 4.74 Å². The van der Waals surface area contributed by atoms with Crippen LogP contribution >= 0.6 is 11.3 Å². The Morgan fingerprint density at radius 1 is 1.47 bits per heavy atom. The van der Waals surface area contributed by atoms with E-state index in [1.165, 1.54) is 18.4 Å². The monoisotopic (exact) mass is 277 g/mol. The highest BCUT2D eigenvalue weighted by Crippen LogP contribution is 2.35. The molecule has 0 radical (unpaired) electrons. The van der Waals surface area contributed by atoms with Crippen molar-refractivity contribution in [3.05, 3.63) is 22.7 Å². The Kier molecular flexibility index (Phi) is 2.94. The zero-order valence-corrected chi connectivity index (χ0v) is 11.0. The van der Waals surface area contributed by atoms with Crippen LogP contribution in [0.5, 0.6) is 5.75 Å². The number of fused-ring (bicyclic) bond motifs is 1. The normalized spacial score (nSPS) is 14.4.